The van der Waals surface area contributed by atoms with Crippen LogP contribution in [0.1, 0.15) is 46.7 Å². The van der Waals surface area contributed by atoms with Crippen molar-refractivity contribution in [2.45, 2.75) is 44.7 Å². The third kappa shape index (κ3) is 6.56. The minimum absolute atomic E-state index is 0.0941. The number of carbonyl (C=O) groups excluding carboxylic acids is 1. The molecular formula is C21H28N4O5S. The molecule has 0 aromatic carbocycles. The molecule has 2 fully saturated rings. The first-order valence-corrected chi connectivity index (χ1v) is 10.9. The van der Waals surface area contributed by atoms with Crippen LogP contribution < -0.4 is 0 Å². The van der Waals surface area contributed by atoms with Crippen LogP contribution in [0.4, 0.5) is 0 Å². The van der Waals surface area contributed by atoms with Gasteiger partial charge in [-0.2, -0.15) is 0 Å². The molecule has 4 rings (SSSR count). The molecule has 2 aliphatic heterocycles. The molecule has 2 saturated heterocycles. The molecular weight excluding hydrogens is 420 g/mol. The molecule has 9 nitrogen and oxygen atoms in total. The number of amides is 1. The van der Waals surface area contributed by atoms with Crippen molar-refractivity contribution in [3.05, 3.63) is 46.2 Å². The Balaban J connectivity index is 0.000000513. The highest BCUT2D eigenvalue weighted by atomic mass is 32.1. The molecule has 2 aromatic heterocycles. The van der Waals surface area contributed by atoms with Gasteiger partial charge in [-0.25, -0.2) is 4.98 Å². The summed E-state index contributed by atoms with van der Waals surface area (Å²) in [5, 5.41) is 16.6. The van der Waals surface area contributed by atoms with E-state index >= 15 is 0 Å². The molecule has 2 N–H and O–H groups in total. The normalized spacial score (nSPS) is 20.2. The zero-order valence-electron chi connectivity index (χ0n) is 17.5. The fourth-order valence-electron chi connectivity index (χ4n) is 4.32. The number of carbonyl (C=O) groups is 3. The van der Waals surface area contributed by atoms with E-state index < -0.39 is 0 Å². The highest BCUT2D eigenvalue weighted by molar-refractivity contribution is 7.09. The quantitative estimate of drug-likeness (QED) is 0.687. The van der Waals surface area contributed by atoms with Crippen LogP contribution >= 0.6 is 11.3 Å². The molecule has 4 heterocycles. The first-order valence-electron chi connectivity index (χ1n) is 10.0. The van der Waals surface area contributed by atoms with E-state index in [-0.39, 0.29) is 24.4 Å². The number of piperidine rings is 1. The van der Waals surface area contributed by atoms with Crippen molar-refractivity contribution in [3.63, 3.8) is 0 Å². The van der Waals surface area contributed by atoms with E-state index in [2.05, 4.69) is 20.9 Å². The van der Waals surface area contributed by atoms with Crippen LogP contribution in [0.5, 0.6) is 0 Å². The second kappa shape index (κ2) is 12.1. The molecule has 0 aliphatic carbocycles. The molecule has 0 radical (unpaired) electrons. The lowest BCUT2D eigenvalue weighted by molar-refractivity contribution is -0.123. The SMILES string of the molecule is Cc1nc(C(=O)N2CCCC3(CCCN3Cc3cccnc3)C2)cs1.O=CO.O=CO. The van der Waals surface area contributed by atoms with Gasteiger partial charge in [0.2, 0.25) is 0 Å². The highest BCUT2D eigenvalue weighted by Crippen LogP contribution is 2.38. The predicted molar refractivity (Wildman–Crippen MR) is 116 cm³/mol. The largest absolute Gasteiger partial charge is 0.483 e. The van der Waals surface area contributed by atoms with Crippen molar-refractivity contribution in [1.29, 1.82) is 0 Å². The van der Waals surface area contributed by atoms with Gasteiger partial charge in [-0.05, 0) is 50.8 Å². The fourth-order valence-corrected chi connectivity index (χ4v) is 4.91. The lowest BCUT2D eigenvalue weighted by atomic mass is 9.86. The van der Waals surface area contributed by atoms with Gasteiger partial charge in [0.15, 0.2) is 0 Å². The van der Waals surface area contributed by atoms with Gasteiger partial charge < -0.3 is 15.1 Å². The van der Waals surface area contributed by atoms with Crippen LogP contribution in [-0.4, -0.2) is 74.0 Å². The Bertz CT molecular complexity index is 841. The smallest absolute Gasteiger partial charge is 0.290 e. The maximum absolute atomic E-state index is 12.9. The first kappa shape index (κ1) is 24.4. The van der Waals surface area contributed by atoms with Gasteiger partial charge in [-0.15, -0.1) is 11.3 Å². The number of likely N-dealkylation sites (tertiary alicyclic amines) is 2. The van der Waals surface area contributed by atoms with Gasteiger partial charge in [-0.3, -0.25) is 24.3 Å². The molecule has 2 aromatic rings. The summed E-state index contributed by atoms with van der Waals surface area (Å²) in [7, 11) is 0. The molecule has 31 heavy (non-hydrogen) atoms. The van der Waals surface area contributed by atoms with Crippen LogP contribution in [0.15, 0.2) is 29.9 Å². The lowest BCUT2D eigenvalue weighted by Gasteiger charge is -2.46. The molecule has 1 amide bonds. The van der Waals surface area contributed by atoms with Gasteiger partial charge in [0, 0.05) is 42.9 Å². The van der Waals surface area contributed by atoms with Crippen molar-refractivity contribution in [3.8, 4) is 0 Å². The third-order valence-electron chi connectivity index (χ3n) is 5.52. The Kier molecular flexibility index (Phi) is 9.54. The van der Waals surface area contributed by atoms with Crippen molar-refractivity contribution < 1.29 is 24.6 Å². The standard InChI is InChI=1S/C19H24N4OS.2CH2O2/c1-15-21-17(13-25-15)18(24)22-9-3-6-19(14-22)7-4-10-23(19)12-16-5-2-8-20-11-16;2*2-1-3/h2,5,8,11,13H,3-4,6-7,9-10,12,14H2,1H3;2*1H,(H,2,3). The summed E-state index contributed by atoms with van der Waals surface area (Å²) in [6.07, 6.45) is 8.40. The van der Waals surface area contributed by atoms with E-state index in [0.717, 1.165) is 37.6 Å². The number of aromatic nitrogens is 2. The first-order chi connectivity index (χ1) is 15.0. The Hall–Kier alpha value is -2.85. The van der Waals surface area contributed by atoms with E-state index in [1.807, 2.05) is 35.7 Å². The van der Waals surface area contributed by atoms with Crippen molar-refractivity contribution in [2.75, 3.05) is 19.6 Å². The second-order valence-electron chi connectivity index (χ2n) is 7.40. The molecule has 0 bridgehead atoms. The Morgan fingerprint density at radius 2 is 1.90 bits per heavy atom. The average molecular weight is 449 g/mol. The van der Waals surface area contributed by atoms with Crippen LogP contribution in [-0.2, 0) is 16.1 Å². The van der Waals surface area contributed by atoms with Gasteiger partial charge >= 0.3 is 0 Å². The minimum atomic E-state index is -0.250. The molecule has 1 unspecified atom stereocenters. The molecule has 1 atom stereocenters. The number of nitrogens with zero attached hydrogens (tertiary/aromatic N) is 4. The van der Waals surface area contributed by atoms with Crippen LogP contribution in [0.25, 0.3) is 0 Å². The summed E-state index contributed by atoms with van der Waals surface area (Å²) < 4.78 is 0. The van der Waals surface area contributed by atoms with E-state index in [4.69, 9.17) is 19.8 Å². The number of aryl methyl sites for hydroxylation is 1. The number of rotatable bonds is 3. The summed E-state index contributed by atoms with van der Waals surface area (Å²) in [5.74, 6) is 0.0941. The zero-order valence-corrected chi connectivity index (χ0v) is 18.3. The molecule has 0 saturated carbocycles. The van der Waals surface area contributed by atoms with Crippen LogP contribution in [0.2, 0.25) is 0 Å². The Labute approximate surface area is 185 Å². The molecule has 168 valence electrons. The zero-order chi connectivity index (χ0) is 22.7. The van der Waals surface area contributed by atoms with Crippen molar-refractivity contribution in [2.24, 2.45) is 0 Å². The van der Waals surface area contributed by atoms with E-state index in [1.165, 1.54) is 24.8 Å². The average Bonchev–Trinajstić information content (AvgIpc) is 3.36. The van der Waals surface area contributed by atoms with Gasteiger partial charge in [0.25, 0.3) is 18.9 Å². The van der Waals surface area contributed by atoms with Gasteiger partial charge in [-0.1, -0.05) is 6.07 Å². The van der Waals surface area contributed by atoms with Gasteiger partial charge in [0.05, 0.1) is 5.01 Å². The second-order valence-corrected chi connectivity index (χ2v) is 8.47. The Morgan fingerprint density at radius 3 is 2.48 bits per heavy atom. The molecule has 10 heteroatoms. The van der Waals surface area contributed by atoms with Crippen LogP contribution in [0.3, 0.4) is 0 Å². The molecule has 1 spiro atoms. The summed E-state index contributed by atoms with van der Waals surface area (Å²) in [5.41, 5.74) is 1.98. The maximum Gasteiger partial charge on any atom is 0.290 e. The Morgan fingerprint density at radius 1 is 1.23 bits per heavy atom. The monoisotopic (exact) mass is 448 g/mol. The number of thiazole rings is 1. The third-order valence-corrected chi connectivity index (χ3v) is 6.29. The summed E-state index contributed by atoms with van der Waals surface area (Å²) >= 11 is 1.55. The lowest BCUT2D eigenvalue weighted by Crippen LogP contribution is -2.56. The number of hydrogen-bond acceptors (Lipinski definition) is 7. The summed E-state index contributed by atoms with van der Waals surface area (Å²) in [6, 6.07) is 4.14. The van der Waals surface area contributed by atoms with Crippen LogP contribution in [0, 0.1) is 6.92 Å². The number of hydrogen-bond donors (Lipinski definition) is 2. The number of pyridine rings is 1. The van der Waals surface area contributed by atoms with Crippen molar-refractivity contribution in [1.82, 2.24) is 19.8 Å². The van der Waals surface area contributed by atoms with E-state index in [0.29, 0.717) is 5.69 Å². The number of carboxylic acid groups (broad SMARTS) is 2. The van der Waals surface area contributed by atoms with E-state index in [9.17, 15) is 4.79 Å². The fraction of sp³-hybridized carbons (Fsp3) is 0.476. The van der Waals surface area contributed by atoms with E-state index in [1.54, 1.807) is 11.3 Å². The molecule has 2 aliphatic rings. The maximum atomic E-state index is 12.9. The predicted octanol–water partition coefficient (Wildman–Crippen LogP) is 2.52. The summed E-state index contributed by atoms with van der Waals surface area (Å²) in [6.45, 7) is 5.14. The topological polar surface area (TPSA) is 124 Å². The highest BCUT2D eigenvalue weighted by Gasteiger charge is 2.45. The van der Waals surface area contributed by atoms with Crippen molar-refractivity contribution >= 4 is 30.2 Å². The summed E-state index contributed by atoms with van der Waals surface area (Å²) in [4.78, 5) is 42.8. The minimum Gasteiger partial charge on any atom is -0.483 e. The van der Waals surface area contributed by atoms with Gasteiger partial charge in [0.1, 0.15) is 5.69 Å².